The van der Waals surface area contributed by atoms with E-state index in [2.05, 4.69) is 20.3 Å². The Hall–Kier alpha value is -3.20. The second-order valence-corrected chi connectivity index (χ2v) is 8.45. The van der Waals surface area contributed by atoms with Crippen molar-refractivity contribution in [3.8, 4) is 17.0 Å². The van der Waals surface area contributed by atoms with E-state index in [0.717, 1.165) is 36.0 Å². The van der Waals surface area contributed by atoms with Crippen molar-refractivity contribution in [2.75, 3.05) is 33.4 Å². The van der Waals surface area contributed by atoms with Crippen LogP contribution in [0.4, 0.5) is 0 Å². The minimum Gasteiger partial charge on any atom is -0.497 e. The number of rotatable bonds is 9. The minimum absolute atomic E-state index is 0.0524. The second-order valence-electron chi connectivity index (χ2n) is 8.45. The first-order valence-corrected chi connectivity index (χ1v) is 11.1. The zero-order valence-corrected chi connectivity index (χ0v) is 18.1. The lowest BCUT2D eigenvalue weighted by atomic mass is 10.1. The number of hydrogen-bond acceptors (Lipinski definition) is 7. The molecule has 1 N–H and O–H groups in total. The summed E-state index contributed by atoms with van der Waals surface area (Å²) in [4.78, 5) is 19.3. The van der Waals surface area contributed by atoms with E-state index in [9.17, 15) is 4.79 Å². The van der Waals surface area contributed by atoms with Crippen LogP contribution in [0.1, 0.15) is 47.4 Å². The van der Waals surface area contributed by atoms with Crippen LogP contribution in [0.15, 0.2) is 34.9 Å². The molecule has 1 aliphatic carbocycles. The van der Waals surface area contributed by atoms with Gasteiger partial charge in [0.05, 0.1) is 25.3 Å². The van der Waals surface area contributed by atoms with Crippen molar-refractivity contribution in [3.63, 3.8) is 0 Å². The van der Waals surface area contributed by atoms with Crippen LogP contribution in [-0.4, -0.2) is 64.6 Å². The molecule has 168 valence electrons. The van der Waals surface area contributed by atoms with Crippen LogP contribution in [0.2, 0.25) is 0 Å². The largest absolute Gasteiger partial charge is 0.497 e. The molecule has 3 aromatic rings. The van der Waals surface area contributed by atoms with Crippen LogP contribution in [0, 0.1) is 5.92 Å². The molecule has 9 nitrogen and oxygen atoms in total. The molecule has 1 unspecified atom stereocenters. The summed E-state index contributed by atoms with van der Waals surface area (Å²) >= 11 is 0. The van der Waals surface area contributed by atoms with Gasteiger partial charge in [-0.1, -0.05) is 5.16 Å². The average molecular weight is 438 g/mol. The van der Waals surface area contributed by atoms with Crippen LogP contribution in [0.5, 0.6) is 5.75 Å². The molecular formula is C23H27N5O4. The van der Waals surface area contributed by atoms with Crippen molar-refractivity contribution in [2.45, 2.75) is 31.6 Å². The molecule has 1 aromatic carbocycles. The molecule has 2 aromatic heterocycles. The second kappa shape index (κ2) is 9.12. The molecule has 2 fully saturated rings. The molecule has 1 atom stereocenters. The molecule has 2 aliphatic rings. The number of nitrogens with one attached hydrogen (secondary N) is 1. The lowest BCUT2D eigenvalue weighted by Gasteiger charge is -2.14. The van der Waals surface area contributed by atoms with Gasteiger partial charge in [0.25, 0.3) is 5.91 Å². The Labute approximate surface area is 186 Å². The van der Waals surface area contributed by atoms with E-state index in [1.165, 1.54) is 12.8 Å². The number of carbonyl (C=O) groups excluding carboxylic acids is 1. The molecule has 5 rings (SSSR count). The molecular weight excluding hydrogens is 410 g/mol. The predicted octanol–water partition coefficient (Wildman–Crippen LogP) is 3.07. The fourth-order valence-electron chi connectivity index (χ4n) is 3.89. The summed E-state index contributed by atoms with van der Waals surface area (Å²) in [5, 5.41) is 11.2. The normalized spacial score (nSPS) is 18.3. The maximum Gasteiger partial charge on any atom is 0.271 e. The summed E-state index contributed by atoms with van der Waals surface area (Å²) in [5.41, 5.74) is 2.10. The number of amides is 1. The molecule has 0 spiro atoms. The Morgan fingerprint density at radius 2 is 2.09 bits per heavy atom. The highest BCUT2D eigenvalue weighted by Crippen LogP contribution is 2.29. The average Bonchev–Trinajstić information content (AvgIpc) is 3.23. The van der Waals surface area contributed by atoms with Crippen molar-refractivity contribution in [2.24, 2.45) is 5.92 Å². The number of likely N-dealkylation sites (tertiary alicyclic amines) is 1. The minimum atomic E-state index is -0.0759. The topological polar surface area (TPSA) is 106 Å². The van der Waals surface area contributed by atoms with Gasteiger partial charge in [-0.15, -0.1) is 0 Å². The van der Waals surface area contributed by atoms with E-state index in [0.29, 0.717) is 43.5 Å². The number of ether oxygens (including phenoxy) is 2. The maximum absolute atomic E-state index is 13.0. The van der Waals surface area contributed by atoms with Gasteiger partial charge in [0.1, 0.15) is 11.4 Å². The van der Waals surface area contributed by atoms with Gasteiger partial charge in [-0.05, 0) is 55.5 Å². The fraction of sp³-hybridized carbons (Fsp3) is 0.478. The van der Waals surface area contributed by atoms with Crippen molar-refractivity contribution in [1.29, 1.82) is 0 Å². The van der Waals surface area contributed by atoms with Gasteiger partial charge in [0.2, 0.25) is 5.89 Å². The third-order valence-electron chi connectivity index (χ3n) is 6.02. The van der Waals surface area contributed by atoms with E-state index < -0.39 is 0 Å². The first-order valence-electron chi connectivity index (χ1n) is 11.1. The van der Waals surface area contributed by atoms with Gasteiger partial charge >= 0.3 is 0 Å². The van der Waals surface area contributed by atoms with Crippen LogP contribution in [0.25, 0.3) is 11.3 Å². The van der Waals surface area contributed by atoms with Gasteiger partial charge in [-0.2, -0.15) is 10.1 Å². The highest BCUT2D eigenvalue weighted by molar-refractivity contribution is 5.93. The highest BCUT2D eigenvalue weighted by atomic mass is 16.5. The molecule has 3 heterocycles. The summed E-state index contributed by atoms with van der Waals surface area (Å²) in [6.07, 6.45) is 4.01. The number of methoxy groups -OCH3 is 1. The van der Waals surface area contributed by atoms with E-state index in [1.807, 2.05) is 24.3 Å². The van der Waals surface area contributed by atoms with Crippen LogP contribution < -0.4 is 4.74 Å². The molecule has 0 radical (unpaired) electrons. The lowest BCUT2D eigenvalue weighted by Crippen LogP contribution is -2.28. The Bertz CT molecular complexity index is 1060. The molecule has 1 amide bonds. The summed E-state index contributed by atoms with van der Waals surface area (Å²) in [6, 6.07) is 9.35. The molecule has 1 saturated heterocycles. The first-order chi connectivity index (χ1) is 15.7. The van der Waals surface area contributed by atoms with Gasteiger partial charge in [0, 0.05) is 31.7 Å². The Kier molecular flexibility index (Phi) is 5.89. The smallest absolute Gasteiger partial charge is 0.271 e. The quantitative estimate of drug-likeness (QED) is 0.513. The number of carbonyl (C=O) groups is 1. The number of aromatic amines is 1. The Morgan fingerprint density at radius 1 is 1.25 bits per heavy atom. The lowest BCUT2D eigenvalue weighted by molar-refractivity contribution is 0.0783. The molecule has 0 bridgehead atoms. The number of hydrogen-bond donors (Lipinski definition) is 1. The van der Waals surface area contributed by atoms with E-state index in [-0.39, 0.29) is 11.8 Å². The predicted molar refractivity (Wildman–Crippen MR) is 115 cm³/mol. The van der Waals surface area contributed by atoms with Crippen molar-refractivity contribution in [1.82, 2.24) is 25.2 Å². The molecule has 1 aliphatic heterocycles. The summed E-state index contributed by atoms with van der Waals surface area (Å²) < 4.78 is 16.3. The van der Waals surface area contributed by atoms with Crippen molar-refractivity contribution in [3.05, 3.63) is 47.7 Å². The molecule has 1 saturated carbocycles. The SMILES string of the molecule is COc1ccc(-c2cc(C(=O)N3CCC(c4nc(CCOCC5CC5)no4)C3)[nH]n2)cc1. The summed E-state index contributed by atoms with van der Waals surface area (Å²) in [6.45, 7) is 2.64. The maximum atomic E-state index is 13.0. The van der Waals surface area contributed by atoms with Crippen molar-refractivity contribution < 1.29 is 18.8 Å². The Morgan fingerprint density at radius 3 is 2.88 bits per heavy atom. The number of H-pyrrole nitrogens is 1. The monoisotopic (exact) mass is 437 g/mol. The standard InChI is InChI=1S/C23H27N5O4/c1-30-18-6-4-16(5-7-18)19-12-20(26-25-19)23(29)28-10-8-17(13-28)22-24-21(27-32-22)9-11-31-14-15-2-3-15/h4-7,12,15,17H,2-3,8-11,13-14H2,1H3,(H,25,26). The summed E-state index contributed by atoms with van der Waals surface area (Å²) in [7, 11) is 1.63. The van der Waals surface area contributed by atoms with Gasteiger partial charge in [0.15, 0.2) is 5.82 Å². The zero-order chi connectivity index (χ0) is 21.9. The van der Waals surface area contributed by atoms with Crippen LogP contribution >= 0.6 is 0 Å². The van der Waals surface area contributed by atoms with Crippen molar-refractivity contribution >= 4 is 5.91 Å². The first kappa shape index (κ1) is 20.7. The third-order valence-corrected chi connectivity index (χ3v) is 6.02. The third kappa shape index (κ3) is 4.67. The van der Waals surface area contributed by atoms with Gasteiger partial charge in [-0.25, -0.2) is 0 Å². The number of aromatic nitrogens is 4. The summed E-state index contributed by atoms with van der Waals surface area (Å²) in [5.74, 6) is 2.77. The van der Waals surface area contributed by atoms with E-state index >= 15 is 0 Å². The van der Waals surface area contributed by atoms with Gasteiger partial charge < -0.3 is 18.9 Å². The number of benzene rings is 1. The zero-order valence-electron chi connectivity index (χ0n) is 18.1. The van der Waals surface area contributed by atoms with E-state index in [4.69, 9.17) is 14.0 Å². The van der Waals surface area contributed by atoms with Gasteiger partial charge in [-0.3, -0.25) is 9.89 Å². The van der Waals surface area contributed by atoms with E-state index in [1.54, 1.807) is 18.1 Å². The van der Waals surface area contributed by atoms with Crippen LogP contribution in [0.3, 0.4) is 0 Å². The molecule has 32 heavy (non-hydrogen) atoms. The molecule has 9 heteroatoms. The Balaban J connectivity index is 1.15. The number of nitrogens with zero attached hydrogens (tertiary/aromatic N) is 4. The van der Waals surface area contributed by atoms with Crippen LogP contribution in [-0.2, 0) is 11.2 Å². The fourth-order valence-corrected chi connectivity index (χ4v) is 3.89. The highest BCUT2D eigenvalue weighted by Gasteiger charge is 2.32.